The minimum Gasteiger partial charge on any atom is -0.450 e. The van der Waals surface area contributed by atoms with Gasteiger partial charge in [-0.3, -0.25) is 0 Å². The molecule has 0 atom stereocenters. The summed E-state index contributed by atoms with van der Waals surface area (Å²) < 4.78 is 3.67. The van der Waals surface area contributed by atoms with E-state index in [0.29, 0.717) is 0 Å². The van der Waals surface area contributed by atoms with Crippen LogP contribution in [0.25, 0.3) is 0 Å². The highest BCUT2D eigenvalue weighted by atomic mass is 32.2. The highest BCUT2D eigenvalue weighted by molar-refractivity contribution is 7.99. The number of thioether (sulfide) groups is 1. The summed E-state index contributed by atoms with van der Waals surface area (Å²) in [6.45, 7) is 5.54. The number of hydrogen-bond donors (Lipinski definition) is 1. The molecule has 1 rings (SSSR count). The van der Waals surface area contributed by atoms with Crippen LogP contribution in [0.1, 0.15) is 26.2 Å². The van der Waals surface area contributed by atoms with E-state index in [1.165, 1.54) is 24.3 Å². The van der Waals surface area contributed by atoms with Crippen LogP contribution in [-0.2, 0) is 4.74 Å². The number of hydrogen-bond acceptors (Lipinski definition) is 3. The van der Waals surface area contributed by atoms with Crippen LogP contribution in [0.4, 0.5) is 4.79 Å². The van der Waals surface area contributed by atoms with Crippen LogP contribution in [0.5, 0.6) is 0 Å². The van der Waals surface area contributed by atoms with Crippen molar-refractivity contribution in [1.29, 1.82) is 0 Å². The van der Waals surface area contributed by atoms with Crippen LogP contribution in [0, 0.1) is 0 Å². The van der Waals surface area contributed by atoms with Gasteiger partial charge in [0.2, 0.25) is 0 Å². The summed E-state index contributed by atoms with van der Waals surface area (Å²) >= 11 is 2.07. The third-order valence-electron chi connectivity index (χ3n) is 1.29. The van der Waals surface area contributed by atoms with E-state index in [9.17, 15) is 0 Å². The Labute approximate surface area is 90.5 Å². The number of rotatable bonds is 1. The molecule has 0 saturated carbocycles. The second-order valence-corrected chi connectivity index (χ2v) is 3.71. The lowest BCUT2D eigenvalue weighted by atomic mass is 10.4. The van der Waals surface area contributed by atoms with E-state index in [2.05, 4.69) is 30.0 Å². The summed E-state index contributed by atoms with van der Waals surface area (Å²) in [5.74, 6) is 2.83. The molecule has 84 valence electrons. The molecule has 3 nitrogen and oxygen atoms in total. The number of carboxylic acid groups (broad SMARTS) is 1. The maximum atomic E-state index is 9.15. The Kier molecular flexibility index (Phi) is 16.8. The van der Waals surface area contributed by atoms with Gasteiger partial charge in [-0.1, -0.05) is 13.0 Å². The highest BCUT2D eigenvalue weighted by Crippen LogP contribution is 2.14. The van der Waals surface area contributed by atoms with Crippen LogP contribution in [0.3, 0.4) is 0 Å². The summed E-state index contributed by atoms with van der Waals surface area (Å²) in [4.78, 5) is 9.15. The van der Waals surface area contributed by atoms with Crippen molar-refractivity contribution < 1.29 is 14.6 Å². The molecule has 0 aromatic rings. The van der Waals surface area contributed by atoms with Crippen molar-refractivity contribution in [3.8, 4) is 0 Å². The first-order valence-electron chi connectivity index (χ1n) is 4.64. The van der Waals surface area contributed by atoms with Crippen molar-refractivity contribution in [2.45, 2.75) is 26.2 Å². The first-order valence-corrected chi connectivity index (χ1v) is 5.80. The Morgan fingerprint density at radius 3 is 2.00 bits per heavy atom. The van der Waals surface area contributed by atoms with Gasteiger partial charge in [0.1, 0.15) is 0 Å². The Bertz CT molecular complexity index is 126. The van der Waals surface area contributed by atoms with Crippen LogP contribution in [-0.4, -0.2) is 29.9 Å². The second-order valence-electron chi connectivity index (χ2n) is 2.49. The zero-order valence-electron chi connectivity index (χ0n) is 8.99. The standard InChI is InChI=1S/C4H8S.C4H8.C2H4O3/c1-2-4-5-3-1;1-3-4-2;1-5-2(3)4/h1-4H2;3H,1,4H2,2H3;1H3,(H,3,4). The van der Waals surface area contributed by atoms with Crippen molar-refractivity contribution in [2.24, 2.45) is 0 Å². The molecule has 4 heteroatoms. The Morgan fingerprint density at radius 2 is 1.93 bits per heavy atom. The first kappa shape index (κ1) is 15.8. The van der Waals surface area contributed by atoms with Crippen molar-refractivity contribution in [3.63, 3.8) is 0 Å². The topological polar surface area (TPSA) is 46.5 Å². The quantitative estimate of drug-likeness (QED) is 0.543. The summed E-state index contributed by atoms with van der Waals surface area (Å²) in [5, 5.41) is 7.50. The van der Waals surface area contributed by atoms with E-state index in [1.807, 2.05) is 6.08 Å². The molecule has 1 N–H and O–H groups in total. The largest absolute Gasteiger partial charge is 0.505 e. The van der Waals surface area contributed by atoms with Gasteiger partial charge in [-0.25, -0.2) is 4.79 Å². The fourth-order valence-corrected chi connectivity index (χ4v) is 1.53. The number of ether oxygens (including phenoxy) is 1. The van der Waals surface area contributed by atoms with E-state index < -0.39 is 6.16 Å². The summed E-state index contributed by atoms with van der Waals surface area (Å²) in [6, 6.07) is 0. The molecule has 1 aliphatic rings. The molecular formula is C10H20O3S. The van der Waals surface area contributed by atoms with E-state index in [1.54, 1.807) is 0 Å². The minimum absolute atomic E-state index is 1.08. The predicted molar refractivity (Wildman–Crippen MR) is 62.1 cm³/mol. The Hall–Kier alpha value is -0.640. The third-order valence-corrected chi connectivity index (χ3v) is 2.45. The van der Waals surface area contributed by atoms with Crippen molar-refractivity contribution in [2.75, 3.05) is 18.6 Å². The second kappa shape index (κ2) is 14.9. The lowest BCUT2D eigenvalue weighted by Gasteiger charge is -1.79. The van der Waals surface area contributed by atoms with Crippen LogP contribution in [0.2, 0.25) is 0 Å². The molecule has 0 amide bonds. The fraction of sp³-hybridized carbons (Fsp3) is 0.700. The molecule has 1 fully saturated rings. The normalized spacial score (nSPS) is 12.7. The summed E-state index contributed by atoms with van der Waals surface area (Å²) in [6.07, 6.45) is 4.64. The molecular weight excluding hydrogens is 200 g/mol. The zero-order chi connectivity index (χ0) is 11.2. The van der Waals surface area contributed by atoms with Gasteiger partial charge in [-0.05, 0) is 30.8 Å². The minimum atomic E-state index is -1.25. The van der Waals surface area contributed by atoms with E-state index in [4.69, 9.17) is 9.90 Å². The summed E-state index contributed by atoms with van der Waals surface area (Å²) in [5.41, 5.74) is 0. The lowest BCUT2D eigenvalue weighted by molar-refractivity contribution is 0.114. The van der Waals surface area contributed by atoms with Gasteiger partial charge in [0.15, 0.2) is 0 Å². The van der Waals surface area contributed by atoms with Gasteiger partial charge in [-0.2, -0.15) is 11.8 Å². The number of methoxy groups -OCH3 is 1. The molecule has 0 aromatic carbocycles. The zero-order valence-corrected chi connectivity index (χ0v) is 9.81. The van der Waals surface area contributed by atoms with Crippen LogP contribution < -0.4 is 0 Å². The predicted octanol–water partition coefficient (Wildman–Crippen LogP) is 3.41. The maximum Gasteiger partial charge on any atom is 0.505 e. The molecule has 0 radical (unpaired) electrons. The van der Waals surface area contributed by atoms with Crippen LogP contribution in [0.15, 0.2) is 12.7 Å². The molecule has 0 aromatic heterocycles. The van der Waals surface area contributed by atoms with Crippen molar-refractivity contribution >= 4 is 17.9 Å². The highest BCUT2D eigenvalue weighted by Gasteiger charge is 1.95. The molecule has 1 saturated heterocycles. The fourth-order valence-electron chi connectivity index (χ4n) is 0.510. The van der Waals surface area contributed by atoms with Crippen molar-refractivity contribution in [1.82, 2.24) is 0 Å². The molecule has 0 aliphatic carbocycles. The average Bonchev–Trinajstić information content (AvgIpc) is 2.76. The maximum absolute atomic E-state index is 9.15. The van der Waals surface area contributed by atoms with E-state index >= 15 is 0 Å². The summed E-state index contributed by atoms with van der Waals surface area (Å²) in [7, 11) is 1.10. The third kappa shape index (κ3) is 22.5. The SMILES string of the molecule is C1CCSC1.C=CCC.COC(=O)O. The van der Waals surface area contributed by atoms with Gasteiger partial charge < -0.3 is 9.84 Å². The van der Waals surface area contributed by atoms with E-state index in [0.717, 1.165) is 13.5 Å². The van der Waals surface area contributed by atoms with Crippen LogP contribution >= 0.6 is 11.8 Å². The van der Waals surface area contributed by atoms with Gasteiger partial charge in [-0.15, -0.1) is 6.58 Å². The number of carbonyl (C=O) groups is 1. The monoisotopic (exact) mass is 220 g/mol. The van der Waals surface area contributed by atoms with Gasteiger partial charge in [0.05, 0.1) is 7.11 Å². The van der Waals surface area contributed by atoms with Gasteiger partial charge in [0.25, 0.3) is 0 Å². The molecule has 1 heterocycles. The van der Waals surface area contributed by atoms with Crippen molar-refractivity contribution in [3.05, 3.63) is 12.7 Å². The molecule has 0 spiro atoms. The smallest absolute Gasteiger partial charge is 0.450 e. The molecule has 0 bridgehead atoms. The number of allylic oxidation sites excluding steroid dienone is 1. The molecule has 0 unspecified atom stereocenters. The first-order chi connectivity index (χ1) is 6.68. The molecule has 1 aliphatic heterocycles. The lowest BCUT2D eigenvalue weighted by Crippen LogP contribution is -1.91. The average molecular weight is 220 g/mol. The van der Waals surface area contributed by atoms with Gasteiger partial charge >= 0.3 is 6.16 Å². The molecule has 14 heavy (non-hydrogen) atoms. The Morgan fingerprint density at radius 1 is 1.57 bits per heavy atom. The van der Waals surface area contributed by atoms with E-state index in [-0.39, 0.29) is 0 Å². The Balaban J connectivity index is 0. The van der Waals surface area contributed by atoms with Gasteiger partial charge in [0, 0.05) is 0 Å².